The molecule has 0 saturated carbocycles. The standard InChI is InChI=1S/C17H22N4O2/c1-12-6-7-14(9-13(12)2)15-5-4-8-20(15)11-21-10-18-16(19-21)17(22)23-3/h6-7,9-10,15H,4-5,8,11H2,1-3H3. The zero-order valence-corrected chi connectivity index (χ0v) is 13.8. The van der Waals surface area contributed by atoms with E-state index in [0.29, 0.717) is 12.7 Å². The smallest absolute Gasteiger partial charge is 0.377 e. The van der Waals surface area contributed by atoms with Crippen molar-refractivity contribution >= 4 is 5.97 Å². The van der Waals surface area contributed by atoms with Gasteiger partial charge in [-0.05, 0) is 43.4 Å². The third-order valence-electron chi connectivity index (χ3n) is 4.51. The minimum atomic E-state index is -0.504. The number of nitrogens with zero attached hydrogens (tertiary/aromatic N) is 4. The Labute approximate surface area is 136 Å². The van der Waals surface area contributed by atoms with Gasteiger partial charge in [-0.2, -0.15) is 0 Å². The molecule has 1 saturated heterocycles. The van der Waals surface area contributed by atoms with Crippen LogP contribution in [-0.4, -0.2) is 39.3 Å². The van der Waals surface area contributed by atoms with Crippen molar-refractivity contribution in [2.24, 2.45) is 0 Å². The average molecular weight is 314 g/mol. The minimum absolute atomic E-state index is 0.106. The van der Waals surface area contributed by atoms with Gasteiger partial charge in [-0.25, -0.2) is 14.5 Å². The van der Waals surface area contributed by atoms with Gasteiger partial charge < -0.3 is 4.74 Å². The van der Waals surface area contributed by atoms with Crippen LogP contribution >= 0.6 is 0 Å². The predicted octanol–water partition coefficient (Wildman–Crippen LogP) is 2.48. The van der Waals surface area contributed by atoms with E-state index in [-0.39, 0.29) is 5.82 Å². The van der Waals surface area contributed by atoms with Crippen LogP contribution in [0.5, 0.6) is 0 Å². The van der Waals surface area contributed by atoms with E-state index in [4.69, 9.17) is 0 Å². The van der Waals surface area contributed by atoms with Gasteiger partial charge in [0.1, 0.15) is 6.33 Å². The molecule has 2 aromatic rings. The molecule has 122 valence electrons. The van der Waals surface area contributed by atoms with E-state index in [0.717, 1.165) is 19.4 Å². The van der Waals surface area contributed by atoms with Crippen molar-refractivity contribution < 1.29 is 9.53 Å². The second-order valence-electron chi connectivity index (χ2n) is 6.05. The van der Waals surface area contributed by atoms with Gasteiger partial charge >= 0.3 is 5.97 Å². The number of hydrogen-bond acceptors (Lipinski definition) is 5. The number of aromatic nitrogens is 3. The van der Waals surface area contributed by atoms with Gasteiger partial charge in [0.15, 0.2) is 0 Å². The Morgan fingerprint density at radius 2 is 2.17 bits per heavy atom. The monoisotopic (exact) mass is 314 g/mol. The van der Waals surface area contributed by atoms with Gasteiger partial charge in [0.25, 0.3) is 5.82 Å². The number of methoxy groups -OCH3 is 1. The number of ether oxygens (including phenoxy) is 1. The van der Waals surface area contributed by atoms with Gasteiger partial charge in [0.05, 0.1) is 13.8 Å². The number of rotatable bonds is 4. The van der Waals surface area contributed by atoms with E-state index in [1.54, 1.807) is 11.0 Å². The van der Waals surface area contributed by atoms with Gasteiger partial charge in [0.2, 0.25) is 0 Å². The van der Waals surface area contributed by atoms with E-state index >= 15 is 0 Å². The molecule has 1 aliphatic rings. The summed E-state index contributed by atoms with van der Waals surface area (Å²) < 4.78 is 6.34. The van der Waals surface area contributed by atoms with Gasteiger partial charge in [-0.3, -0.25) is 4.90 Å². The highest BCUT2D eigenvalue weighted by Gasteiger charge is 2.26. The quantitative estimate of drug-likeness (QED) is 0.811. The van der Waals surface area contributed by atoms with Crippen molar-refractivity contribution in [1.29, 1.82) is 0 Å². The third-order valence-corrected chi connectivity index (χ3v) is 4.51. The first-order valence-electron chi connectivity index (χ1n) is 7.87. The summed E-state index contributed by atoms with van der Waals surface area (Å²) in [7, 11) is 1.33. The maximum Gasteiger partial charge on any atom is 0.377 e. The minimum Gasteiger partial charge on any atom is -0.463 e. The Kier molecular flexibility index (Phi) is 4.43. The van der Waals surface area contributed by atoms with Gasteiger partial charge in [0, 0.05) is 12.6 Å². The van der Waals surface area contributed by atoms with Crippen molar-refractivity contribution in [2.45, 2.75) is 39.4 Å². The van der Waals surface area contributed by atoms with Crippen LogP contribution in [0.25, 0.3) is 0 Å². The summed E-state index contributed by atoms with van der Waals surface area (Å²) in [4.78, 5) is 17.8. The first-order chi connectivity index (χ1) is 11.1. The number of carbonyl (C=O) groups excluding carboxylic acids is 1. The van der Waals surface area contributed by atoms with Crippen molar-refractivity contribution in [3.05, 3.63) is 47.0 Å². The van der Waals surface area contributed by atoms with Crippen LogP contribution in [0.3, 0.4) is 0 Å². The van der Waals surface area contributed by atoms with E-state index in [1.807, 2.05) is 0 Å². The summed E-state index contributed by atoms with van der Waals surface area (Å²) in [6.45, 7) is 5.93. The lowest BCUT2D eigenvalue weighted by atomic mass is 9.99. The highest BCUT2D eigenvalue weighted by molar-refractivity contribution is 5.84. The van der Waals surface area contributed by atoms with Crippen molar-refractivity contribution in [1.82, 2.24) is 19.7 Å². The Morgan fingerprint density at radius 1 is 1.35 bits per heavy atom. The summed E-state index contributed by atoms with van der Waals surface area (Å²) in [5.74, 6) is -0.398. The number of esters is 1. The van der Waals surface area contributed by atoms with Crippen LogP contribution in [0, 0.1) is 13.8 Å². The highest BCUT2D eigenvalue weighted by Crippen LogP contribution is 2.32. The number of aryl methyl sites for hydroxylation is 2. The molecule has 0 amide bonds. The highest BCUT2D eigenvalue weighted by atomic mass is 16.5. The Hall–Kier alpha value is -2.21. The second-order valence-corrected chi connectivity index (χ2v) is 6.05. The second kappa shape index (κ2) is 6.50. The molecule has 1 aliphatic heterocycles. The molecule has 1 unspecified atom stereocenters. The first-order valence-corrected chi connectivity index (χ1v) is 7.87. The molecule has 0 aliphatic carbocycles. The Morgan fingerprint density at radius 3 is 2.91 bits per heavy atom. The fraction of sp³-hybridized carbons (Fsp3) is 0.471. The molecule has 6 nitrogen and oxygen atoms in total. The molecule has 0 radical (unpaired) electrons. The SMILES string of the molecule is COC(=O)c1ncn(CN2CCCC2c2ccc(C)c(C)c2)n1. The van der Waals surface area contributed by atoms with Gasteiger partial charge in [-0.15, -0.1) is 5.10 Å². The molecule has 3 rings (SSSR count). The predicted molar refractivity (Wildman–Crippen MR) is 86.0 cm³/mol. The largest absolute Gasteiger partial charge is 0.463 e. The number of benzene rings is 1. The van der Waals surface area contributed by atoms with E-state index in [9.17, 15) is 4.79 Å². The number of carbonyl (C=O) groups is 1. The summed E-state index contributed by atoms with van der Waals surface area (Å²) in [5.41, 5.74) is 3.99. The molecule has 6 heteroatoms. The van der Waals surface area contributed by atoms with Crippen LogP contribution in [0.2, 0.25) is 0 Å². The molecule has 0 N–H and O–H groups in total. The Balaban J connectivity index is 1.75. The lowest BCUT2D eigenvalue weighted by Crippen LogP contribution is -2.26. The molecule has 1 aromatic heterocycles. The lowest BCUT2D eigenvalue weighted by molar-refractivity contribution is 0.0585. The van der Waals surface area contributed by atoms with Gasteiger partial charge in [-0.1, -0.05) is 18.2 Å². The molecule has 0 bridgehead atoms. The lowest BCUT2D eigenvalue weighted by Gasteiger charge is -2.25. The summed E-state index contributed by atoms with van der Waals surface area (Å²) in [5, 5.41) is 4.19. The molecular formula is C17H22N4O2. The van der Waals surface area contributed by atoms with Crippen LogP contribution in [-0.2, 0) is 11.4 Å². The maximum atomic E-state index is 11.4. The van der Waals surface area contributed by atoms with Crippen LogP contribution in [0.15, 0.2) is 24.5 Å². The maximum absolute atomic E-state index is 11.4. The normalized spacial score (nSPS) is 18.3. The van der Waals surface area contributed by atoms with Crippen molar-refractivity contribution in [2.75, 3.05) is 13.7 Å². The van der Waals surface area contributed by atoms with Crippen LogP contribution in [0.4, 0.5) is 0 Å². The van der Waals surface area contributed by atoms with Crippen molar-refractivity contribution in [3.63, 3.8) is 0 Å². The average Bonchev–Trinajstić information content (AvgIpc) is 3.19. The van der Waals surface area contributed by atoms with E-state index < -0.39 is 5.97 Å². The summed E-state index contributed by atoms with van der Waals surface area (Å²) in [6, 6.07) is 7.07. The zero-order chi connectivity index (χ0) is 16.4. The summed E-state index contributed by atoms with van der Waals surface area (Å²) >= 11 is 0. The molecule has 1 aromatic carbocycles. The van der Waals surface area contributed by atoms with Crippen molar-refractivity contribution in [3.8, 4) is 0 Å². The van der Waals surface area contributed by atoms with E-state index in [1.165, 1.54) is 23.8 Å². The zero-order valence-electron chi connectivity index (χ0n) is 13.8. The van der Waals surface area contributed by atoms with Crippen LogP contribution in [0.1, 0.15) is 46.2 Å². The third kappa shape index (κ3) is 3.27. The molecule has 2 heterocycles. The fourth-order valence-corrected chi connectivity index (χ4v) is 3.08. The summed E-state index contributed by atoms with van der Waals surface area (Å²) in [6.07, 6.45) is 3.89. The molecule has 1 atom stereocenters. The first kappa shape index (κ1) is 15.7. The topological polar surface area (TPSA) is 60.2 Å². The number of likely N-dealkylation sites (tertiary alicyclic amines) is 1. The molecule has 1 fully saturated rings. The Bertz CT molecular complexity index is 710. The number of hydrogen-bond donors (Lipinski definition) is 0. The fourth-order valence-electron chi connectivity index (χ4n) is 3.08. The molecule has 0 spiro atoms. The van der Waals surface area contributed by atoms with Crippen LogP contribution < -0.4 is 0 Å². The molecular weight excluding hydrogens is 292 g/mol. The van der Waals surface area contributed by atoms with E-state index in [2.05, 4.69) is 51.8 Å². The molecule has 23 heavy (non-hydrogen) atoms.